The number of H-pyrrole nitrogens is 2. The molecule has 0 atom stereocenters. The highest BCUT2D eigenvalue weighted by Gasteiger charge is 2.07. The second-order valence-electron chi connectivity index (χ2n) is 3.09. The predicted octanol–water partition coefficient (Wildman–Crippen LogP) is 0.337. The molecule has 3 N–H and O–H groups in total. The van der Waals surface area contributed by atoms with Crippen molar-refractivity contribution in [2.45, 2.75) is 5.16 Å². The summed E-state index contributed by atoms with van der Waals surface area (Å²) >= 11 is 1.02. The zero-order valence-corrected chi connectivity index (χ0v) is 9.32. The van der Waals surface area contributed by atoms with E-state index in [2.05, 4.69) is 20.2 Å². The number of rotatable bonds is 4. The van der Waals surface area contributed by atoms with Crippen molar-refractivity contribution in [2.75, 3.05) is 5.75 Å². The van der Waals surface area contributed by atoms with Gasteiger partial charge in [-0.25, -0.2) is 4.98 Å². The summed E-state index contributed by atoms with van der Waals surface area (Å²) in [5.41, 5.74) is 0.480. The van der Waals surface area contributed by atoms with Crippen LogP contribution >= 0.6 is 11.8 Å². The molecule has 88 valence electrons. The number of hydrogen-bond donors (Lipinski definition) is 3. The Morgan fingerprint density at radius 2 is 2.29 bits per heavy atom. The second kappa shape index (κ2) is 4.83. The summed E-state index contributed by atoms with van der Waals surface area (Å²) in [4.78, 5) is 27.8. The van der Waals surface area contributed by atoms with E-state index in [1.807, 2.05) is 0 Å². The standard InChI is InChI=1S/C9H8N4O3S/c14-6-2-1-5(3-10-6)8-11-9(13-12-8)17-4-7(15)16/h1-3H,4H2,(H,10,14)(H,15,16)(H,11,12,13). The summed E-state index contributed by atoms with van der Waals surface area (Å²) in [6.07, 6.45) is 1.51. The van der Waals surface area contributed by atoms with E-state index >= 15 is 0 Å². The average Bonchev–Trinajstić information content (AvgIpc) is 2.76. The number of carboxylic acids is 1. The minimum absolute atomic E-state index is 0.0943. The zero-order valence-electron chi connectivity index (χ0n) is 8.51. The number of aliphatic carboxylic acids is 1. The lowest BCUT2D eigenvalue weighted by Gasteiger charge is -1.92. The topological polar surface area (TPSA) is 112 Å². The van der Waals surface area contributed by atoms with Crippen LogP contribution in [-0.2, 0) is 4.79 Å². The Morgan fingerprint density at radius 3 is 2.94 bits per heavy atom. The molecule has 8 heteroatoms. The van der Waals surface area contributed by atoms with Gasteiger partial charge in [0.25, 0.3) is 0 Å². The Kier molecular flexibility index (Phi) is 3.24. The van der Waals surface area contributed by atoms with Crippen LogP contribution in [0.25, 0.3) is 11.4 Å². The lowest BCUT2D eigenvalue weighted by molar-refractivity contribution is -0.133. The summed E-state index contributed by atoms with van der Waals surface area (Å²) in [6.45, 7) is 0. The maximum Gasteiger partial charge on any atom is 0.313 e. The molecule has 2 rings (SSSR count). The molecule has 0 spiro atoms. The molecular formula is C9H8N4O3S. The van der Waals surface area contributed by atoms with Crippen molar-refractivity contribution in [1.29, 1.82) is 0 Å². The molecule has 2 aromatic heterocycles. The first-order valence-corrected chi connectivity index (χ1v) is 5.60. The molecule has 0 aliphatic carbocycles. The van der Waals surface area contributed by atoms with Crippen LogP contribution in [0.2, 0.25) is 0 Å². The summed E-state index contributed by atoms with van der Waals surface area (Å²) in [5, 5.41) is 15.4. The van der Waals surface area contributed by atoms with Gasteiger partial charge in [-0.1, -0.05) is 11.8 Å². The number of nitrogens with zero attached hydrogens (tertiary/aromatic N) is 2. The average molecular weight is 252 g/mol. The smallest absolute Gasteiger partial charge is 0.313 e. The summed E-state index contributed by atoms with van der Waals surface area (Å²) < 4.78 is 0. The monoisotopic (exact) mass is 252 g/mol. The number of aromatic nitrogens is 4. The molecule has 17 heavy (non-hydrogen) atoms. The third-order valence-electron chi connectivity index (χ3n) is 1.85. The van der Waals surface area contributed by atoms with Gasteiger partial charge in [0.2, 0.25) is 10.7 Å². The van der Waals surface area contributed by atoms with E-state index in [1.165, 1.54) is 12.3 Å². The van der Waals surface area contributed by atoms with Crippen LogP contribution in [0.1, 0.15) is 0 Å². The van der Waals surface area contributed by atoms with Crippen LogP contribution in [0.15, 0.2) is 28.3 Å². The fourth-order valence-corrected chi connectivity index (χ4v) is 1.64. The highest BCUT2D eigenvalue weighted by molar-refractivity contribution is 7.99. The maximum atomic E-state index is 10.9. The largest absolute Gasteiger partial charge is 0.481 e. The van der Waals surface area contributed by atoms with Gasteiger partial charge in [-0.05, 0) is 6.07 Å². The van der Waals surface area contributed by atoms with Gasteiger partial charge in [-0.3, -0.25) is 14.7 Å². The lowest BCUT2D eigenvalue weighted by Crippen LogP contribution is -2.01. The van der Waals surface area contributed by atoms with E-state index in [0.717, 1.165) is 11.8 Å². The Labute approximate surface area is 99.3 Å². The predicted molar refractivity (Wildman–Crippen MR) is 60.8 cm³/mol. The molecule has 0 radical (unpaired) electrons. The molecule has 0 saturated carbocycles. The summed E-state index contributed by atoms with van der Waals surface area (Å²) in [7, 11) is 0. The number of hydrogen-bond acceptors (Lipinski definition) is 5. The molecule has 0 amide bonds. The van der Waals surface area contributed by atoms with Gasteiger partial charge in [-0.15, -0.1) is 5.10 Å². The third-order valence-corrected chi connectivity index (χ3v) is 2.68. The molecule has 0 fully saturated rings. The molecule has 0 aliphatic rings. The van der Waals surface area contributed by atoms with Crippen LogP contribution in [0.3, 0.4) is 0 Å². The Bertz CT molecular complexity index is 571. The van der Waals surface area contributed by atoms with Crippen molar-refractivity contribution in [3.8, 4) is 11.4 Å². The summed E-state index contributed by atoms with van der Waals surface area (Å²) in [5.74, 6) is -0.539. The first kappa shape index (κ1) is 11.4. The molecule has 0 bridgehead atoms. The summed E-state index contributed by atoms with van der Waals surface area (Å²) in [6, 6.07) is 2.98. The molecule has 0 aliphatic heterocycles. The van der Waals surface area contributed by atoms with E-state index in [9.17, 15) is 9.59 Å². The third kappa shape index (κ3) is 2.94. The fourth-order valence-electron chi connectivity index (χ4n) is 1.12. The Morgan fingerprint density at radius 1 is 1.47 bits per heavy atom. The van der Waals surface area contributed by atoms with Gasteiger partial charge in [0, 0.05) is 17.8 Å². The van der Waals surface area contributed by atoms with Crippen LogP contribution in [-0.4, -0.2) is 37.0 Å². The minimum atomic E-state index is -0.926. The van der Waals surface area contributed by atoms with E-state index < -0.39 is 5.97 Å². The van der Waals surface area contributed by atoms with E-state index in [1.54, 1.807) is 6.07 Å². The number of thioether (sulfide) groups is 1. The maximum absolute atomic E-state index is 10.9. The van der Waals surface area contributed by atoms with Crippen molar-refractivity contribution in [3.63, 3.8) is 0 Å². The molecule has 0 unspecified atom stereocenters. The van der Waals surface area contributed by atoms with E-state index in [4.69, 9.17) is 5.11 Å². The number of aromatic amines is 2. The minimum Gasteiger partial charge on any atom is -0.481 e. The molecule has 0 aromatic carbocycles. The SMILES string of the molecule is O=C(O)CSc1n[nH]c(-c2ccc(=O)[nH]c2)n1. The molecule has 2 aromatic rings. The number of carboxylic acid groups (broad SMARTS) is 1. The number of carbonyl (C=O) groups is 1. The Balaban J connectivity index is 2.15. The quantitative estimate of drug-likeness (QED) is 0.676. The lowest BCUT2D eigenvalue weighted by atomic mass is 10.3. The molecule has 0 saturated heterocycles. The van der Waals surface area contributed by atoms with Crippen molar-refractivity contribution >= 4 is 17.7 Å². The van der Waals surface area contributed by atoms with Gasteiger partial charge in [0.1, 0.15) is 0 Å². The molecule has 2 heterocycles. The van der Waals surface area contributed by atoms with Crippen molar-refractivity contribution in [1.82, 2.24) is 20.2 Å². The normalized spacial score (nSPS) is 10.4. The van der Waals surface area contributed by atoms with Gasteiger partial charge in [-0.2, -0.15) is 0 Å². The van der Waals surface area contributed by atoms with E-state index in [0.29, 0.717) is 16.5 Å². The van der Waals surface area contributed by atoms with Crippen LogP contribution in [0.4, 0.5) is 0 Å². The first-order chi connectivity index (χ1) is 8.15. The van der Waals surface area contributed by atoms with Gasteiger partial charge in [0.15, 0.2) is 5.82 Å². The van der Waals surface area contributed by atoms with Crippen LogP contribution in [0.5, 0.6) is 0 Å². The van der Waals surface area contributed by atoms with Gasteiger partial charge in [0.05, 0.1) is 5.75 Å². The highest BCUT2D eigenvalue weighted by atomic mass is 32.2. The molecular weight excluding hydrogens is 244 g/mol. The molecule has 7 nitrogen and oxygen atoms in total. The Hall–Kier alpha value is -2.09. The number of nitrogens with one attached hydrogen (secondary N) is 2. The van der Waals surface area contributed by atoms with Crippen LogP contribution < -0.4 is 5.56 Å². The van der Waals surface area contributed by atoms with Gasteiger partial charge < -0.3 is 10.1 Å². The zero-order chi connectivity index (χ0) is 12.3. The first-order valence-electron chi connectivity index (χ1n) is 4.61. The number of pyridine rings is 1. The van der Waals surface area contributed by atoms with Crippen molar-refractivity contribution in [3.05, 3.63) is 28.7 Å². The van der Waals surface area contributed by atoms with Crippen molar-refractivity contribution in [2.24, 2.45) is 0 Å². The second-order valence-corrected chi connectivity index (χ2v) is 4.03. The fraction of sp³-hybridized carbons (Fsp3) is 0.111. The van der Waals surface area contributed by atoms with Crippen LogP contribution in [0, 0.1) is 0 Å². The van der Waals surface area contributed by atoms with E-state index in [-0.39, 0.29) is 11.3 Å². The van der Waals surface area contributed by atoms with Crippen molar-refractivity contribution < 1.29 is 9.90 Å². The highest BCUT2D eigenvalue weighted by Crippen LogP contribution is 2.17. The van der Waals surface area contributed by atoms with Gasteiger partial charge >= 0.3 is 5.97 Å².